The van der Waals surface area contributed by atoms with Gasteiger partial charge in [-0.3, -0.25) is 4.57 Å². The average Bonchev–Trinajstić information content (AvgIpc) is 2.13. The van der Waals surface area contributed by atoms with Crippen LogP contribution in [0.4, 0.5) is 4.39 Å². The van der Waals surface area contributed by atoms with Gasteiger partial charge >= 0.3 is 7.60 Å². The number of halogens is 1. The maximum absolute atomic E-state index is 13.8. The van der Waals surface area contributed by atoms with Crippen molar-refractivity contribution in [2.45, 2.75) is 39.4 Å². The molecule has 0 aromatic heterocycles. The molecule has 3 nitrogen and oxygen atoms in total. The van der Waals surface area contributed by atoms with Crippen LogP contribution in [-0.2, 0) is 13.6 Å². The van der Waals surface area contributed by atoms with Crippen LogP contribution in [0.2, 0.25) is 19.6 Å². The van der Waals surface area contributed by atoms with Gasteiger partial charge in [0.05, 0.1) is 21.3 Å². The van der Waals surface area contributed by atoms with Gasteiger partial charge in [-0.15, -0.1) is 0 Å². The fourth-order valence-corrected chi connectivity index (χ4v) is 3.30. The van der Waals surface area contributed by atoms with E-state index in [2.05, 4.69) is 19.6 Å². The third-order valence-electron chi connectivity index (χ3n) is 1.68. The lowest BCUT2D eigenvalue weighted by molar-refractivity contribution is 0.199. The van der Waals surface area contributed by atoms with Gasteiger partial charge in [0, 0.05) is 0 Å². The van der Waals surface area contributed by atoms with E-state index in [-0.39, 0.29) is 13.2 Å². The van der Waals surface area contributed by atoms with E-state index in [1.54, 1.807) is 13.8 Å². The van der Waals surface area contributed by atoms with Crippen molar-refractivity contribution < 1.29 is 18.0 Å². The van der Waals surface area contributed by atoms with E-state index in [1.165, 1.54) is 6.08 Å². The zero-order valence-corrected chi connectivity index (χ0v) is 12.6. The van der Waals surface area contributed by atoms with Crippen LogP contribution in [0.15, 0.2) is 11.8 Å². The molecule has 0 rings (SSSR count). The first-order chi connectivity index (χ1) is 7.25. The molecule has 1 unspecified atom stereocenters. The smallest absolute Gasteiger partial charge is 0.307 e. The molecule has 0 amide bonds. The molecular formula is C10H22FO3PSi. The molecule has 0 heterocycles. The molecule has 0 saturated carbocycles. The van der Waals surface area contributed by atoms with E-state index in [4.69, 9.17) is 9.05 Å². The van der Waals surface area contributed by atoms with Gasteiger partial charge in [0.1, 0.15) is 0 Å². The van der Waals surface area contributed by atoms with E-state index in [0.29, 0.717) is 0 Å². The van der Waals surface area contributed by atoms with E-state index < -0.39 is 21.6 Å². The van der Waals surface area contributed by atoms with E-state index in [9.17, 15) is 8.96 Å². The fraction of sp³-hybridized carbons (Fsp3) is 0.800. The molecule has 0 aliphatic rings. The maximum atomic E-state index is 13.8. The highest BCUT2D eigenvalue weighted by atomic mass is 31.2. The predicted molar refractivity (Wildman–Crippen MR) is 68.2 cm³/mol. The Morgan fingerprint density at radius 2 is 1.69 bits per heavy atom. The quantitative estimate of drug-likeness (QED) is 0.517. The van der Waals surface area contributed by atoms with Crippen molar-refractivity contribution in [3.8, 4) is 0 Å². The zero-order valence-electron chi connectivity index (χ0n) is 10.7. The number of hydrogen-bond acceptors (Lipinski definition) is 3. The minimum Gasteiger partial charge on any atom is -0.307 e. The first-order valence-electron chi connectivity index (χ1n) is 5.47. The first-order valence-corrected chi connectivity index (χ1v) is 10.7. The monoisotopic (exact) mass is 268 g/mol. The minimum atomic E-state index is -3.63. The summed E-state index contributed by atoms with van der Waals surface area (Å²) in [6.45, 7) is 9.91. The summed E-state index contributed by atoms with van der Waals surface area (Å²) in [5.41, 5.74) is 1.81. The van der Waals surface area contributed by atoms with Gasteiger partial charge < -0.3 is 9.05 Å². The molecule has 0 aromatic carbocycles. The molecule has 0 spiro atoms. The number of allylic oxidation sites excluding steroid dienone is 1. The van der Waals surface area contributed by atoms with Crippen molar-refractivity contribution in [2.24, 2.45) is 0 Å². The molecular weight excluding hydrogens is 246 g/mol. The lowest BCUT2D eigenvalue weighted by Gasteiger charge is -2.19. The van der Waals surface area contributed by atoms with Crippen LogP contribution >= 0.6 is 7.60 Å². The average molecular weight is 268 g/mol. The second-order valence-corrected chi connectivity index (χ2v) is 11.6. The molecule has 0 aliphatic heterocycles. The standard InChI is InChI=1S/C10H22FO3PSi/c1-6-13-15(12,14-7-2)10(11)8-9-16(3,4)5/h8-10H,6-7H2,1-5H3/b9-8+. The molecule has 96 valence electrons. The summed E-state index contributed by atoms with van der Waals surface area (Å²) >= 11 is 0. The molecule has 1 atom stereocenters. The van der Waals surface area contributed by atoms with Gasteiger partial charge in [0.2, 0.25) is 5.91 Å². The van der Waals surface area contributed by atoms with Gasteiger partial charge in [-0.25, -0.2) is 4.39 Å². The zero-order chi connectivity index (χ0) is 12.8. The SMILES string of the molecule is CCOP(=O)(OCC)C(F)/C=C/[Si](C)(C)C. The van der Waals surface area contributed by atoms with Gasteiger partial charge in [0.25, 0.3) is 0 Å². The lowest BCUT2D eigenvalue weighted by Crippen LogP contribution is -2.17. The number of rotatable bonds is 7. The number of hydrogen-bond donors (Lipinski definition) is 0. The van der Waals surface area contributed by atoms with Crippen molar-refractivity contribution in [2.75, 3.05) is 13.2 Å². The molecule has 0 radical (unpaired) electrons. The van der Waals surface area contributed by atoms with Gasteiger partial charge in [0.15, 0.2) is 0 Å². The van der Waals surface area contributed by atoms with Crippen molar-refractivity contribution in [1.82, 2.24) is 0 Å². The van der Waals surface area contributed by atoms with Crippen LogP contribution in [-0.4, -0.2) is 27.2 Å². The minimum absolute atomic E-state index is 0.179. The Morgan fingerprint density at radius 1 is 1.25 bits per heavy atom. The van der Waals surface area contributed by atoms with Crippen LogP contribution in [0.5, 0.6) is 0 Å². The second kappa shape index (κ2) is 6.69. The van der Waals surface area contributed by atoms with Crippen molar-refractivity contribution >= 4 is 15.7 Å². The summed E-state index contributed by atoms with van der Waals surface area (Å²) < 4.78 is 35.6. The Bertz CT molecular complexity index is 266. The summed E-state index contributed by atoms with van der Waals surface area (Å²) in [4.78, 5) is 0. The molecule has 0 fully saturated rings. The maximum Gasteiger partial charge on any atom is 0.368 e. The molecule has 16 heavy (non-hydrogen) atoms. The van der Waals surface area contributed by atoms with Crippen LogP contribution in [0.1, 0.15) is 13.8 Å². The third-order valence-corrected chi connectivity index (χ3v) is 4.88. The van der Waals surface area contributed by atoms with E-state index in [0.717, 1.165) is 0 Å². The Morgan fingerprint density at radius 3 is 2.00 bits per heavy atom. The van der Waals surface area contributed by atoms with Gasteiger partial charge in [-0.2, -0.15) is 0 Å². The number of alkyl halides is 1. The molecule has 6 heteroatoms. The summed E-state index contributed by atoms with van der Waals surface area (Å²) in [6.07, 6.45) is 1.32. The normalized spacial score (nSPS) is 15.6. The lowest BCUT2D eigenvalue weighted by atomic mass is 10.7. The van der Waals surface area contributed by atoms with Crippen LogP contribution in [0, 0.1) is 0 Å². The highest BCUT2D eigenvalue weighted by Crippen LogP contribution is 2.54. The van der Waals surface area contributed by atoms with Crippen molar-refractivity contribution in [1.29, 1.82) is 0 Å². The Hall–Kier alpha value is 0.0369. The summed E-state index contributed by atoms with van der Waals surface area (Å²) in [6, 6.07) is 0. The van der Waals surface area contributed by atoms with Crippen LogP contribution < -0.4 is 0 Å². The van der Waals surface area contributed by atoms with Crippen LogP contribution in [0.3, 0.4) is 0 Å². The molecule has 0 saturated heterocycles. The van der Waals surface area contributed by atoms with Crippen molar-refractivity contribution in [3.63, 3.8) is 0 Å². The Kier molecular flexibility index (Phi) is 6.71. The van der Waals surface area contributed by atoms with Crippen molar-refractivity contribution in [3.05, 3.63) is 11.8 Å². The largest absolute Gasteiger partial charge is 0.368 e. The Balaban J connectivity index is 4.69. The van der Waals surface area contributed by atoms with Crippen LogP contribution in [0.25, 0.3) is 0 Å². The topological polar surface area (TPSA) is 35.5 Å². The molecule has 0 N–H and O–H groups in total. The molecule has 0 aromatic rings. The highest BCUT2D eigenvalue weighted by molar-refractivity contribution is 7.54. The summed E-state index contributed by atoms with van der Waals surface area (Å²) in [5, 5.41) is 0. The second-order valence-electron chi connectivity index (χ2n) is 4.47. The van der Waals surface area contributed by atoms with E-state index >= 15 is 0 Å². The first kappa shape index (κ1) is 16.0. The Labute approximate surface area is 98.6 Å². The summed E-state index contributed by atoms with van der Waals surface area (Å²) in [7, 11) is -5.13. The third kappa shape index (κ3) is 5.94. The molecule has 0 bridgehead atoms. The predicted octanol–water partition coefficient (Wildman–Crippen LogP) is 3.98. The molecule has 0 aliphatic carbocycles. The highest BCUT2D eigenvalue weighted by Gasteiger charge is 2.34. The van der Waals surface area contributed by atoms with Gasteiger partial charge in [-0.1, -0.05) is 25.3 Å². The summed E-state index contributed by atoms with van der Waals surface area (Å²) in [5.74, 6) is -1.67. The van der Waals surface area contributed by atoms with Gasteiger partial charge in [-0.05, 0) is 19.9 Å². The van der Waals surface area contributed by atoms with E-state index in [1.807, 2.05) is 5.70 Å². The fourth-order valence-electron chi connectivity index (χ4n) is 1.01.